The molecule has 0 atom stereocenters. The van der Waals surface area contributed by atoms with E-state index in [2.05, 4.69) is 4.99 Å². The lowest BCUT2D eigenvalue weighted by molar-refractivity contribution is 0.101. The first kappa shape index (κ1) is 18.1. The summed E-state index contributed by atoms with van der Waals surface area (Å²) in [5.41, 5.74) is 1.32. The predicted octanol–water partition coefficient (Wildman–Crippen LogP) is 5.59. The Kier molecular flexibility index (Phi) is 6.15. The van der Waals surface area contributed by atoms with E-state index in [0.29, 0.717) is 22.9 Å². The van der Waals surface area contributed by atoms with Gasteiger partial charge in [-0.15, -0.1) is 0 Å². The largest absolute Gasteiger partial charge is 0.465 e. The Morgan fingerprint density at radius 2 is 1.41 bits per heavy atom. The highest BCUT2D eigenvalue weighted by atomic mass is 16.5. The molecule has 4 heteroatoms. The molecule has 0 aliphatic heterocycles. The highest BCUT2D eigenvalue weighted by Gasteiger charge is 2.02. The Bertz CT molecular complexity index is 930. The first-order valence-corrected chi connectivity index (χ1v) is 8.51. The minimum atomic E-state index is 0.0162. The van der Waals surface area contributed by atoms with Crippen LogP contribution in [-0.2, 0) is 0 Å². The SMILES string of the molecule is CC(=O)c1ccc(N=C(C=COc2ccccc2)Oc2ccccc2)cc1. The number of Topliss-reactive ketones (excluding diaryl/α,β-unsaturated/α-hetero) is 1. The molecular weight excluding hydrogens is 338 g/mol. The third-order valence-corrected chi connectivity index (χ3v) is 3.64. The second kappa shape index (κ2) is 9.15. The van der Waals surface area contributed by atoms with Crippen LogP contribution in [0.4, 0.5) is 5.69 Å². The average Bonchev–Trinajstić information content (AvgIpc) is 2.70. The normalized spacial score (nSPS) is 11.4. The van der Waals surface area contributed by atoms with E-state index in [1.807, 2.05) is 60.7 Å². The maximum atomic E-state index is 11.4. The van der Waals surface area contributed by atoms with Crippen LogP contribution in [0.25, 0.3) is 0 Å². The Balaban J connectivity index is 1.81. The molecule has 0 spiro atoms. The van der Waals surface area contributed by atoms with Crippen molar-refractivity contribution < 1.29 is 14.3 Å². The van der Waals surface area contributed by atoms with Crippen molar-refractivity contribution in [2.45, 2.75) is 6.92 Å². The molecule has 0 aliphatic carbocycles. The third-order valence-electron chi connectivity index (χ3n) is 3.64. The summed E-state index contributed by atoms with van der Waals surface area (Å²) in [6.45, 7) is 1.53. The summed E-state index contributed by atoms with van der Waals surface area (Å²) in [6.07, 6.45) is 3.18. The van der Waals surface area contributed by atoms with Crippen molar-refractivity contribution in [3.8, 4) is 11.5 Å². The van der Waals surface area contributed by atoms with Gasteiger partial charge in [0.25, 0.3) is 0 Å². The molecule has 0 amide bonds. The van der Waals surface area contributed by atoms with Crippen LogP contribution in [-0.4, -0.2) is 11.7 Å². The molecule has 3 aromatic rings. The van der Waals surface area contributed by atoms with Gasteiger partial charge in [0, 0.05) is 11.6 Å². The fraction of sp³-hybridized carbons (Fsp3) is 0.0435. The van der Waals surface area contributed by atoms with Crippen LogP contribution < -0.4 is 9.47 Å². The Morgan fingerprint density at radius 1 is 0.815 bits per heavy atom. The molecule has 0 aliphatic rings. The molecule has 0 heterocycles. The Morgan fingerprint density at radius 3 is 2.00 bits per heavy atom. The molecule has 3 rings (SSSR count). The number of carbonyl (C=O) groups excluding carboxylic acids is 1. The third kappa shape index (κ3) is 5.68. The van der Waals surface area contributed by atoms with Gasteiger partial charge in [-0.2, -0.15) is 0 Å². The fourth-order valence-corrected chi connectivity index (χ4v) is 2.27. The zero-order valence-corrected chi connectivity index (χ0v) is 14.9. The number of ether oxygens (including phenoxy) is 2. The van der Waals surface area contributed by atoms with E-state index >= 15 is 0 Å². The summed E-state index contributed by atoms with van der Waals surface area (Å²) in [5, 5.41) is 0. The van der Waals surface area contributed by atoms with Gasteiger partial charge in [0.2, 0.25) is 5.90 Å². The number of para-hydroxylation sites is 2. The van der Waals surface area contributed by atoms with Crippen LogP contribution in [0.3, 0.4) is 0 Å². The highest BCUT2D eigenvalue weighted by Crippen LogP contribution is 2.17. The number of hydrogen-bond donors (Lipinski definition) is 0. The number of carbonyl (C=O) groups is 1. The first-order valence-electron chi connectivity index (χ1n) is 8.51. The second-order valence-corrected chi connectivity index (χ2v) is 5.70. The Hall–Kier alpha value is -3.66. The first-order chi connectivity index (χ1) is 13.2. The van der Waals surface area contributed by atoms with Crippen molar-refractivity contribution in [2.24, 2.45) is 4.99 Å². The van der Waals surface area contributed by atoms with E-state index in [1.165, 1.54) is 13.2 Å². The number of ketones is 1. The van der Waals surface area contributed by atoms with Crippen LogP contribution in [0.15, 0.2) is 102 Å². The molecule has 27 heavy (non-hydrogen) atoms. The fourth-order valence-electron chi connectivity index (χ4n) is 2.27. The lowest BCUT2D eigenvalue weighted by atomic mass is 10.1. The van der Waals surface area contributed by atoms with Crippen molar-refractivity contribution in [2.75, 3.05) is 0 Å². The summed E-state index contributed by atoms with van der Waals surface area (Å²) in [7, 11) is 0. The minimum absolute atomic E-state index is 0.0162. The van der Waals surface area contributed by atoms with Crippen molar-refractivity contribution >= 4 is 17.4 Å². The molecule has 0 aromatic heterocycles. The molecule has 0 N–H and O–H groups in total. The van der Waals surface area contributed by atoms with Crippen LogP contribution >= 0.6 is 0 Å². The summed E-state index contributed by atoms with van der Waals surface area (Å²) >= 11 is 0. The smallest absolute Gasteiger partial charge is 0.222 e. The molecule has 3 aromatic carbocycles. The van der Waals surface area contributed by atoms with E-state index in [0.717, 1.165) is 5.75 Å². The highest BCUT2D eigenvalue weighted by molar-refractivity contribution is 5.95. The quantitative estimate of drug-likeness (QED) is 0.250. The summed E-state index contributed by atoms with van der Waals surface area (Å²) in [6, 6.07) is 25.9. The van der Waals surface area contributed by atoms with Crippen LogP contribution in [0.2, 0.25) is 0 Å². The van der Waals surface area contributed by atoms with E-state index < -0.39 is 0 Å². The zero-order chi connectivity index (χ0) is 18.9. The van der Waals surface area contributed by atoms with E-state index in [-0.39, 0.29) is 5.78 Å². The topological polar surface area (TPSA) is 47.9 Å². The molecule has 134 valence electrons. The van der Waals surface area contributed by atoms with E-state index in [9.17, 15) is 4.79 Å². The van der Waals surface area contributed by atoms with Gasteiger partial charge >= 0.3 is 0 Å². The van der Waals surface area contributed by atoms with E-state index in [1.54, 1.807) is 30.3 Å². The number of nitrogens with zero attached hydrogens (tertiary/aromatic N) is 1. The van der Waals surface area contributed by atoms with Crippen LogP contribution in [0.1, 0.15) is 17.3 Å². The average molecular weight is 357 g/mol. The summed E-state index contributed by atoms with van der Waals surface area (Å²) in [5.74, 6) is 1.77. The summed E-state index contributed by atoms with van der Waals surface area (Å²) < 4.78 is 11.4. The van der Waals surface area contributed by atoms with Crippen molar-refractivity contribution in [3.63, 3.8) is 0 Å². The molecule has 0 saturated heterocycles. The molecule has 0 radical (unpaired) electrons. The lowest BCUT2D eigenvalue weighted by Gasteiger charge is -2.06. The minimum Gasteiger partial charge on any atom is -0.465 e. The zero-order valence-electron chi connectivity index (χ0n) is 14.9. The monoisotopic (exact) mass is 357 g/mol. The van der Waals surface area contributed by atoms with Crippen molar-refractivity contribution in [3.05, 3.63) is 103 Å². The molecule has 0 saturated carbocycles. The molecule has 4 nitrogen and oxygen atoms in total. The van der Waals surface area contributed by atoms with Gasteiger partial charge in [-0.1, -0.05) is 36.4 Å². The standard InChI is InChI=1S/C23H19NO3/c1-18(25)19-12-14-20(15-13-19)24-23(27-22-10-6-3-7-11-22)16-17-26-21-8-4-2-5-9-21/h2-17H,1H3. The molecule has 0 unspecified atom stereocenters. The predicted molar refractivity (Wildman–Crippen MR) is 107 cm³/mol. The maximum Gasteiger partial charge on any atom is 0.222 e. The van der Waals surface area contributed by atoms with Gasteiger partial charge in [0.15, 0.2) is 5.78 Å². The molecule has 0 fully saturated rings. The number of hydrogen-bond acceptors (Lipinski definition) is 4. The summed E-state index contributed by atoms with van der Waals surface area (Å²) in [4.78, 5) is 15.9. The van der Waals surface area contributed by atoms with Crippen molar-refractivity contribution in [1.29, 1.82) is 0 Å². The van der Waals surface area contributed by atoms with Gasteiger partial charge in [-0.05, 0) is 55.5 Å². The van der Waals surface area contributed by atoms with Gasteiger partial charge in [-0.25, -0.2) is 4.99 Å². The second-order valence-electron chi connectivity index (χ2n) is 5.70. The van der Waals surface area contributed by atoms with Crippen LogP contribution in [0.5, 0.6) is 11.5 Å². The van der Waals surface area contributed by atoms with Crippen molar-refractivity contribution in [1.82, 2.24) is 0 Å². The Labute approximate surface area is 158 Å². The van der Waals surface area contributed by atoms with Gasteiger partial charge in [0.05, 0.1) is 11.9 Å². The van der Waals surface area contributed by atoms with Crippen LogP contribution in [0, 0.1) is 0 Å². The number of aliphatic imine (C=N–C) groups is 1. The van der Waals surface area contributed by atoms with E-state index in [4.69, 9.17) is 9.47 Å². The maximum absolute atomic E-state index is 11.4. The number of rotatable bonds is 6. The van der Waals surface area contributed by atoms with Gasteiger partial charge < -0.3 is 9.47 Å². The van der Waals surface area contributed by atoms with Gasteiger partial charge in [-0.3, -0.25) is 4.79 Å². The van der Waals surface area contributed by atoms with Gasteiger partial charge in [0.1, 0.15) is 11.5 Å². The molecule has 0 bridgehead atoms. The lowest BCUT2D eigenvalue weighted by Crippen LogP contribution is -2.05. The molecular formula is C23H19NO3. The number of benzene rings is 3.